The van der Waals surface area contributed by atoms with Crippen LogP contribution in [0.3, 0.4) is 0 Å². The molecule has 0 saturated carbocycles. The van der Waals surface area contributed by atoms with Crippen LogP contribution in [0.5, 0.6) is 5.75 Å². The number of hydrogen-bond acceptors (Lipinski definition) is 4. The molecule has 1 fully saturated rings. The third-order valence-electron chi connectivity index (χ3n) is 4.80. The maximum absolute atomic E-state index is 13.2. The summed E-state index contributed by atoms with van der Waals surface area (Å²) in [5.41, 5.74) is 1.08. The largest absolute Gasteiger partial charge is 0.487 e. The topological polar surface area (TPSA) is 75.7 Å². The number of rotatable bonds is 5. The predicted molar refractivity (Wildman–Crippen MR) is 135 cm³/mol. The molecule has 10 heteroatoms. The molecule has 0 aromatic heterocycles. The van der Waals surface area contributed by atoms with Gasteiger partial charge in [-0.3, -0.25) is 14.9 Å². The lowest BCUT2D eigenvalue weighted by atomic mass is 10.1. The Morgan fingerprint density at radius 3 is 2.38 bits per heavy atom. The number of urea groups is 1. The van der Waals surface area contributed by atoms with Crippen molar-refractivity contribution in [1.29, 1.82) is 0 Å². The third kappa shape index (κ3) is 5.28. The summed E-state index contributed by atoms with van der Waals surface area (Å²) >= 11 is 21.9. The molecule has 3 aromatic carbocycles. The van der Waals surface area contributed by atoms with Gasteiger partial charge in [-0.2, -0.15) is 0 Å². The molecular formula is C24H14BrCl3N2O4. The minimum Gasteiger partial charge on any atom is -0.487 e. The molecule has 0 unspecified atom stereocenters. The zero-order valence-electron chi connectivity index (χ0n) is 17.2. The number of barbiturate groups is 1. The average Bonchev–Trinajstić information content (AvgIpc) is 2.77. The minimum atomic E-state index is -0.884. The van der Waals surface area contributed by atoms with E-state index in [4.69, 9.17) is 39.5 Å². The fourth-order valence-corrected chi connectivity index (χ4v) is 4.25. The van der Waals surface area contributed by atoms with Crippen molar-refractivity contribution in [2.24, 2.45) is 0 Å². The molecular weight excluding hydrogens is 567 g/mol. The lowest BCUT2D eigenvalue weighted by Crippen LogP contribution is -2.54. The van der Waals surface area contributed by atoms with Crippen molar-refractivity contribution < 1.29 is 19.1 Å². The molecule has 6 nitrogen and oxygen atoms in total. The van der Waals surface area contributed by atoms with E-state index in [9.17, 15) is 14.4 Å². The zero-order chi connectivity index (χ0) is 24.4. The summed E-state index contributed by atoms with van der Waals surface area (Å²) in [6.07, 6.45) is 1.29. The van der Waals surface area contributed by atoms with Crippen LogP contribution in [0, 0.1) is 0 Å². The maximum Gasteiger partial charge on any atom is 0.335 e. The van der Waals surface area contributed by atoms with E-state index in [1.807, 2.05) is 24.3 Å². The molecule has 0 radical (unpaired) electrons. The van der Waals surface area contributed by atoms with Gasteiger partial charge in [0.05, 0.1) is 10.7 Å². The van der Waals surface area contributed by atoms with Crippen molar-refractivity contribution >= 4 is 80.3 Å². The van der Waals surface area contributed by atoms with Gasteiger partial charge in [-0.25, -0.2) is 9.69 Å². The van der Waals surface area contributed by atoms with Crippen molar-refractivity contribution in [3.8, 4) is 5.75 Å². The van der Waals surface area contributed by atoms with Crippen molar-refractivity contribution in [2.45, 2.75) is 6.61 Å². The quantitative estimate of drug-likeness (QED) is 0.271. The number of imide groups is 2. The van der Waals surface area contributed by atoms with E-state index in [0.717, 1.165) is 14.9 Å². The van der Waals surface area contributed by atoms with Gasteiger partial charge < -0.3 is 4.74 Å². The van der Waals surface area contributed by atoms with Gasteiger partial charge in [0.15, 0.2) is 0 Å². The number of hydrogen-bond donors (Lipinski definition) is 1. The Labute approximate surface area is 218 Å². The standard InChI is InChI=1S/C24H14BrCl3N2O4/c25-15-6-4-13(5-7-15)12-34-21-14(8-17(27)11-20(21)28)9-19-22(31)29-24(33)30(23(19)32)18-3-1-2-16(26)10-18/h1-11H,12H2,(H,29,31,33)/b19-9+. The molecule has 0 atom stereocenters. The van der Waals surface area contributed by atoms with E-state index in [2.05, 4.69) is 21.2 Å². The Morgan fingerprint density at radius 2 is 1.68 bits per heavy atom. The van der Waals surface area contributed by atoms with Crippen LogP contribution in [0.4, 0.5) is 10.5 Å². The number of carbonyl (C=O) groups is 3. The van der Waals surface area contributed by atoms with Crippen LogP contribution in [0.1, 0.15) is 11.1 Å². The first-order chi connectivity index (χ1) is 16.2. The van der Waals surface area contributed by atoms with E-state index in [1.54, 1.807) is 12.1 Å². The molecule has 0 aliphatic carbocycles. The van der Waals surface area contributed by atoms with Crippen LogP contribution in [0.2, 0.25) is 15.1 Å². The van der Waals surface area contributed by atoms with Gasteiger partial charge >= 0.3 is 6.03 Å². The lowest BCUT2D eigenvalue weighted by Gasteiger charge is -2.26. The molecule has 1 saturated heterocycles. The first-order valence-electron chi connectivity index (χ1n) is 9.76. The van der Waals surface area contributed by atoms with E-state index >= 15 is 0 Å². The summed E-state index contributed by atoms with van der Waals surface area (Å²) in [7, 11) is 0. The Bertz CT molecular complexity index is 1340. The van der Waals surface area contributed by atoms with Gasteiger partial charge in [0.1, 0.15) is 17.9 Å². The number of anilines is 1. The molecule has 0 spiro atoms. The Balaban J connectivity index is 1.71. The SMILES string of the molecule is O=C1NC(=O)N(c2cccc(Cl)c2)C(=O)/C1=C/c1cc(Cl)cc(Cl)c1OCc1ccc(Br)cc1. The molecule has 4 rings (SSSR count). The fourth-order valence-electron chi connectivity index (χ4n) is 3.24. The highest BCUT2D eigenvalue weighted by Gasteiger charge is 2.37. The normalized spacial score (nSPS) is 15.0. The highest BCUT2D eigenvalue weighted by Crippen LogP contribution is 2.35. The van der Waals surface area contributed by atoms with Gasteiger partial charge in [-0.15, -0.1) is 0 Å². The molecule has 3 aromatic rings. The Kier molecular flexibility index (Phi) is 7.28. The molecule has 1 N–H and O–H groups in total. The highest BCUT2D eigenvalue weighted by molar-refractivity contribution is 9.10. The van der Waals surface area contributed by atoms with E-state index in [-0.39, 0.29) is 33.7 Å². The Morgan fingerprint density at radius 1 is 0.941 bits per heavy atom. The van der Waals surface area contributed by atoms with Crippen molar-refractivity contribution in [2.75, 3.05) is 4.90 Å². The first-order valence-corrected chi connectivity index (χ1v) is 11.7. The van der Waals surface area contributed by atoms with Crippen LogP contribution in [0.25, 0.3) is 6.08 Å². The number of halogens is 4. The first kappa shape index (κ1) is 24.3. The summed E-state index contributed by atoms with van der Waals surface area (Å²) in [5.74, 6) is -1.46. The number of ether oxygens (including phenoxy) is 1. The van der Waals surface area contributed by atoms with Gasteiger partial charge in [0.25, 0.3) is 11.8 Å². The van der Waals surface area contributed by atoms with E-state index < -0.39 is 17.8 Å². The summed E-state index contributed by atoms with van der Waals surface area (Å²) in [5, 5.41) is 2.96. The molecule has 4 amide bonds. The molecule has 172 valence electrons. The summed E-state index contributed by atoms with van der Waals surface area (Å²) < 4.78 is 6.84. The summed E-state index contributed by atoms with van der Waals surface area (Å²) in [4.78, 5) is 39.0. The molecule has 1 heterocycles. The molecule has 34 heavy (non-hydrogen) atoms. The second kappa shape index (κ2) is 10.2. The van der Waals surface area contributed by atoms with Crippen LogP contribution < -0.4 is 15.0 Å². The maximum atomic E-state index is 13.2. The number of nitrogens with zero attached hydrogens (tertiary/aromatic N) is 1. The van der Waals surface area contributed by atoms with Gasteiger partial charge in [0.2, 0.25) is 0 Å². The van der Waals surface area contributed by atoms with Crippen LogP contribution in [-0.2, 0) is 16.2 Å². The Hall–Kier alpha value is -2.84. The van der Waals surface area contributed by atoms with Crippen LogP contribution in [-0.4, -0.2) is 17.8 Å². The second-order valence-electron chi connectivity index (χ2n) is 7.16. The lowest BCUT2D eigenvalue weighted by molar-refractivity contribution is -0.122. The van der Waals surface area contributed by atoms with Crippen molar-refractivity contribution in [1.82, 2.24) is 5.32 Å². The molecule has 1 aliphatic heterocycles. The number of amides is 4. The highest BCUT2D eigenvalue weighted by atomic mass is 79.9. The molecule has 1 aliphatic rings. The number of carbonyl (C=O) groups excluding carboxylic acids is 3. The minimum absolute atomic E-state index is 0.179. The van der Waals surface area contributed by atoms with E-state index in [0.29, 0.717) is 10.6 Å². The predicted octanol–water partition coefficient (Wildman–Crippen LogP) is 6.65. The average molecular weight is 581 g/mol. The third-order valence-corrected chi connectivity index (χ3v) is 6.06. The van der Waals surface area contributed by atoms with Crippen LogP contribution in [0.15, 0.2) is 70.7 Å². The summed E-state index contributed by atoms with van der Waals surface area (Å²) in [6.45, 7) is 0.179. The van der Waals surface area contributed by atoms with Gasteiger partial charge in [0, 0.05) is 20.1 Å². The fraction of sp³-hybridized carbons (Fsp3) is 0.0417. The number of nitrogens with one attached hydrogen (secondary N) is 1. The van der Waals surface area contributed by atoms with Gasteiger partial charge in [-0.1, -0.05) is 68.9 Å². The van der Waals surface area contributed by atoms with Crippen LogP contribution >= 0.6 is 50.7 Å². The second-order valence-corrected chi connectivity index (χ2v) is 9.35. The molecule has 0 bridgehead atoms. The summed E-state index contributed by atoms with van der Waals surface area (Å²) in [6, 6.07) is 15.8. The van der Waals surface area contributed by atoms with Crippen molar-refractivity contribution in [3.63, 3.8) is 0 Å². The monoisotopic (exact) mass is 578 g/mol. The smallest absolute Gasteiger partial charge is 0.335 e. The number of benzene rings is 3. The van der Waals surface area contributed by atoms with Gasteiger partial charge in [-0.05, 0) is 54.1 Å². The van der Waals surface area contributed by atoms with Crippen molar-refractivity contribution in [3.05, 3.63) is 96.9 Å². The van der Waals surface area contributed by atoms with E-state index in [1.165, 1.54) is 30.3 Å². The zero-order valence-corrected chi connectivity index (χ0v) is 21.0.